The minimum atomic E-state index is -3.92. The van der Waals surface area contributed by atoms with Crippen LogP contribution in [0.4, 0.5) is 14.5 Å². The maximum Gasteiger partial charge on any atom is 0.235 e. The van der Waals surface area contributed by atoms with E-state index in [0.717, 1.165) is 12.1 Å². The lowest BCUT2D eigenvalue weighted by atomic mass is 10.00. The number of nitriles is 1. The molecule has 1 aromatic carbocycles. The summed E-state index contributed by atoms with van der Waals surface area (Å²) in [6.45, 7) is 3.09. The molecule has 29 heavy (non-hydrogen) atoms. The molecule has 2 aromatic heterocycles. The summed E-state index contributed by atoms with van der Waals surface area (Å²) in [5.74, 6) is -3.53. The highest BCUT2D eigenvalue weighted by Crippen LogP contribution is 2.29. The number of ketones is 1. The number of nitrogens with one attached hydrogen (secondary N) is 2. The van der Waals surface area contributed by atoms with Gasteiger partial charge < -0.3 is 4.98 Å². The van der Waals surface area contributed by atoms with Gasteiger partial charge in [0.15, 0.2) is 5.82 Å². The SMILES string of the molecule is CC[C@@H](C)S(=O)(=O)Nc1ccc(F)c(C(=O)c2c[nH]c3nccc(C#N)c23)c1F. The molecule has 0 unspecified atom stereocenters. The van der Waals surface area contributed by atoms with E-state index in [1.807, 2.05) is 6.07 Å². The Balaban J connectivity index is 2.13. The van der Waals surface area contributed by atoms with E-state index in [9.17, 15) is 27.3 Å². The molecule has 7 nitrogen and oxygen atoms in total. The standard InChI is InChI=1S/C19H16F2N4O3S/c1-3-10(2)29(27,28)25-14-5-4-13(20)16(17(14)21)18(26)12-9-24-19-15(12)11(8-22)6-7-23-19/h4-7,9-10,25H,3H2,1-2H3,(H,23,24)/t10-/m1/s1. The molecular weight excluding hydrogens is 402 g/mol. The summed E-state index contributed by atoms with van der Waals surface area (Å²) in [5, 5.41) is 8.57. The number of hydrogen-bond donors (Lipinski definition) is 2. The van der Waals surface area contributed by atoms with Gasteiger partial charge in [-0.2, -0.15) is 5.26 Å². The third-order valence-electron chi connectivity index (χ3n) is 4.61. The molecule has 0 fully saturated rings. The van der Waals surface area contributed by atoms with E-state index in [0.29, 0.717) is 0 Å². The zero-order chi connectivity index (χ0) is 21.3. The van der Waals surface area contributed by atoms with Crippen molar-refractivity contribution in [3.05, 3.63) is 58.9 Å². The van der Waals surface area contributed by atoms with Crippen molar-refractivity contribution in [2.75, 3.05) is 4.72 Å². The first kappa shape index (κ1) is 20.4. The Morgan fingerprint density at radius 3 is 2.72 bits per heavy atom. The number of pyridine rings is 1. The second-order valence-electron chi connectivity index (χ2n) is 6.38. The predicted molar refractivity (Wildman–Crippen MR) is 103 cm³/mol. The molecule has 0 saturated carbocycles. The topological polar surface area (TPSA) is 116 Å². The van der Waals surface area contributed by atoms with E-state index < -0.39 is 43.9 Å². The van der Waals surface area contributed by atoms with Crippen molar-refractivity contribution in [1.29, 1.82) is 5.26 Å². The lowest BCUT2D eigenvalue weighted by Gasteiger charge is -2.15. The largest absolute Gasteiger partial charge is 0.345 e. The van der Waals surface area contributed by atoms with Gasteiger partial charge in [0.2, 0.25) is 15.8 Å². The van der Waals surface area contributed by atoms with Gasteiger partial charge in [-0.15, -0.1) is 0 Å². The molecule has 2 heterocycles. The summed E-state index contributed by atoms with van der Waals surface area (Å²) in [7, 11) is -3.92. The molecule has 0 aliphatic rings. The van der Waals surface area contributed by atoms with Crippen LogP contribution >= 0.6 is 0 Å². The number of aromatic nitrogens is 2. The number of sulfonamides is 1. The monoisotopic (exact) mass is 418 g/mol. The van der Waals surface area contributed by atoms with Crippen LogP contribution in [0.3, 0.4) is 0 Å². The average Bonchev–Trinajstić information content (AvgIpc) is 3.13. The molecule has 150 valence electrons. The number of anilines is 1. The van der Waals surface area contributed by atoms with Crippen molar-refractivity contribution < 1.29 is 22.0 Å². The molecule has 0 amide bonds. The first-order valence-corrected chi connectivity index (χ1v) is 10.2. The van der Waals surface area contributed by atoms with Crippen LogP contribution < -0.4 is 4.72 Å². The van der Waals surface area contributed by atoms with Crippen LogP contribution in [-0.2, 0) is 10.0 Å². The van der Waals surface area contributed by atoms with Gasteiger partial charge in [0.25, 0.3) is 0 Å². The van der Waals surface area contributed by atoms with Gasteiger partial charge in [-0.05, 0) is 31.5 Å². The van der Waals surface area contributed by atoms with Crippen LogP contribution in [-0.4, -0.2) is 29.4 Å². The Morgan fingerprint density at radius 1 is 1.34 bits per heavy atom. The van der Waals surface area contributed by atoms with E-state index in [2.05, 4.69) is 14.7 Å². The molecule has 2 N–H and O–H groups in total. The molecular formula is C19H16F2N4O3S. The fraction of sp³-hybridized carbons (Fsp3) is 0.211. The highest BCUT2D eigenvalue weighted by Gasteiger charge is 2.27. The molecule has 0 spiro atoms. The Labute approximate surface area is 165 Å². The molecule has 0 aliphatic heterocycles. The maximum absolute atomic E-state index is 15.0. The highest BCUT2D eigenvalue weighted by atomic mass is 32.2. The lowest BCUT2D eigenvalue weighted by Crippen LogP contribution is -2.25. The van der Waals surface area contributed by atoms with Gasteiger partial charge in [-0.25, -0.2) is 22.2 Å². The number of fused-ring (bicyclic) bond motifs is 1. The Morgan fingerprint density at radius 2 is 2.07 bits per heavy atom. The van der Waals surface area contributed by atoms with Crippen LogP contribution in [0.2, 0.25) is 0 Å². The molecule has 0 bridgehead atoms. The van der Waals surface area contributed by atoms with Crippen LogP contribution in [0.15, 0.2) is 30.6 Å². The van der Waals surface area contributed by atoms with Gasteiger partial charge in [0, 0.05) is 17.8 Å². The maximum atomic E-state index is 15.0. The number of hydrogen-bond acceptors (Lipinski definition) is 5. The molecule has 3 rings (SSSR count). The van der Waals surface area contributed by atoms with Crippen molar-refractivity contribution in [3.8, 4) is 6.07 Å². The number of carbonyl (C=O) groups is 1. The Bertz CT molecular complexity index is 1260. The van der Waals surface area contributed by atoms with Crippen molar-refractivity contribution >= 4 is 32.5 Å². The molecule has 0 radical (unpaired) electrons. The number of benzene rings is 1. The van der Waals surface area contributed by atoms with Gasteiger partial charge in [-0.1, -0.05) is 6.92 Å². The first-order valence-electron chi connectivity index (χ1n) is 8.61. The zero-order valence-electron chi connectivity index (χ0n) is 15.5. The van der Waals surface area contributed by atoms with E-state index >= 15 is 0 Å². The van der Waals surface area contributed by atoms with Crippen LogP contribution in [0.1, 0.15) is 41.8 Å². The number of nitrogens with zero attached hydrogens (tertiary/aromatic N) is 2. The number of halogens is 2. The van der Waals surface area contributed by atoms with Crippen LogP contribution in [0.25, 0.3) is 11.0 Å². The van der Waals surface area contributed by atoms with E-state index in [-0.39, 0.29) is 28.6 Å². The van der Waals surface area contributed by atoms with Crippen molar-refractivity contribution in [2.45, 2.75) is 25.5 Å². The molecule has 0 saturated heterocycles. The quantitative estimate of drug-likeness (QED) is 0.595. The van der Waals surface area contributed by atoms with Gasteiger partial charge >= 0.3 is 0 Å². The minimum Gasteiger partial charge on any atom is -0.345 e. The molecule has 10 heteroatoms. The second-order valence-corrected chi connectivity index (χ2v) is 8.47. The molecule has 0 aliphatic carbocycles. The fourth-order valence-electron chi connectivity index (χ4n) is 2.78. The normalized spacial score (nSPS) is 12.5. The van der Waals surface area contributed by atoms with Gasteiger partial charge in [0.1, 0.15) is 11.5 Å². The zero-order valence-corrected chi connectivity index (χ0v) is 16.3. The summed E-state index contributed by atoms with van der Waals surface area (Å²) in [6, 6.07) is 5.00. The smallest absolute Gasteiger partial charge is 0.235 e. The summed E-state index contributed by atoms with van der Waals surface area (Å²) in [5.41, 5.74) is -1.29. The summed E-state index contributed by atoms with van der Waals surface area (Å²) >= 11 is 0. The number of carbonyl (C=O) groups excluding carboxylic acids is 1. The Kier molecular flexibility index (Phi) is 5.35. The molecule has 3 aromatic rings. The summed E-state index contributed by atoms with van der Waals surface area (Å²) in [6.07, 6.45) is 2.84. The Hall–Kier alpha value is -3.32. The number of H-pyrrole nitrogens is 1. The minimum absolute atomic E-state index is 0.106. The predicted octanol–water partition coefficient (Wildman–Crippen LogP) is 3.48. The van der Waals surface area contributed by atoms with Crippen LogP contribution in [0.5, 0.6) is 0 Å². The van der Waals surface area contributed by atoms with E-state index in [4.69, 9.17) is 0 Å². The van der Waals surface area contributed by atoms with E-state index in [1.165, 1.54) is 25.4 Å². The average molecular weight is 418 g/mol. The lowest BCUT2D eigenvalue weighted by molar-refractivity contribution is 0.103. The van der Waals surface area contributed by atoms with E-state index in [1.54, 1.807) is 6.92 Å². The number of rotatable bonds is 6. The third-order valence-corrected chi connectivity index (χ3v) is 6.51. The highest BCUT2D eigenvalue weighted by molar-refractivity contribution is 7.93. The third kappa shape index (κ3) is 3.56. The first-order chi connectivity index (χ1) is 13.7. The number of aromatic amines is 1. The fourth-order valence-corrected chi connectivity index (χ4v) is 3.88. The van der Waals surface area contributed by atoms with Gasteiger partial charge in [-0.3, -0.25) is 9.52 Å². The summed E-state index contributed by atoms with van der Waals surface area (Å²) < 4.78 is 55.9. The van der Waals surface area contributed by atoms with Gasteiger partial charge in [0.05, 0.1) is 33.7 Å². The second kappa shape index (κ2) is 7.60. The summed E-state index contributed by atoms with van der Waals surface area (Å²) in [4.78, 5) is 19.6. The van der Waals surface area contributed by atoms with Crippen molar-refractivity contribution in [3.63, 3.8) is 0 Å². The van der Waals surface area contributed by atoms with Crippen molar-refractivity contribution in [2.24, 2.45) is 0 Å². The molecule has 1 atom stereocenters. The van der Waals surface area contributed by atoms with Crippen LogP contribution in [0, 0.1) is 23.0 Å². The van der Waals surface area contributed by atoms with Crippen molar-refractivity contribution in [1.82, 2.24) is 9.97 Å².